The molecule has 1 aliphatic carbocycles. The van der Waals surface area contributed by atoms with Crippen molar-refractivity contribution in [3.8, 4) is 30.3 Å². The zero-order valence-corrected chi connectivity index (χ0v) is 30.3. The highest BCUT2D eigenvalue weighted by molar-refractivity contribution is 7.92. The predicted octanol–water partition coefficient (Wildman–Crippen LogP) is 6.90. The number of benzene rings is 2. The van der Waals surface area contributed by atoms with E-state index in [2.05, 4.69) is 26.4 Å². The molecule has 0 heterocycles. The highest BCUT2D eigenvalue weighted by atomic mass is 32.2. The Bertz CT molecular complexity index is 2400. The summed E-state index contributed by atoms with van der Waals surface area (Å²) in [5.74, 6) is -1.29. The lowest BCUT2D eigenvalue weighted by Gasteiger charge is -2.30. The fourth-order valence-corrected chi connectivity index (χ4v) is 6.64. The number of hydrogen-bond acceptors (Lipinski definition) is 9. The maximum absolute atomic E-state index is 11.6. The van der Waals surface area contributed by atoms with Gasteiger partial charge in [-0.3, -0.25) is 9.44 Å². The van der Waals surface area contributed by atoms with Crippen molar-refractivity contribution in [3.63, 3.8) is 0 Å². The first-order chi connectivity index (χ1) is 24.5. The molecule has 1 aliphatic rings. The third kappa shape index (κ3) is 11.2. The maximum atomic E-state index is 11.6. The number of nitriles is 5. The first kappa shape index (κ1) is 39.8. The Morgan fingerprint density at radius 1 is 0.827 bits per heavy atom. The summed E-state index contributed by atoms with van der Waals surface area (Å²) in [5, 5.41) is 49.5. The van der Waals surface area contributed by atoms with Crippen molar-refractivity contribution < 1.29 is 16.8 Å². The summed E-state index contributed by atoms with van der Waals surface area (Å²) >= 11 is 0. The molecule has 0 fully saturated rings. The first-order valence-electron chi connectivity index (χ1n) is 15.3. The van der Waals surface area contributed by atoms with Gasteiger partial charge in [0.2, 0.25) is 20.0 Å². The summed E-state index contributed by atoms with van der Waals surface area (Å²) in [6, 6.07) is 21.8. The molecule has 3 rings (SSSR count). The Hall–Kier alpha value is -6.68. The average molecular weight is 729 g/mol. The third-order valence-electron chi connectivity index (χ3n) is 7.44. The topological polar surface area (TPSA) is 216 Å². The molecule has 0 bridgehead atoms. The van der Waals surface area contributed by atoms with E-state index in [0.29, 0.717) is 24.0 Å². The van der Waals surface area contributed by atoms with E-state index < -0.39 is 26.0 Å². The standard InChI is InChI=1S/C38H32N8O4S2/c1-38(2)19-26(6-8-30(21-39)36(32(23-41)24-42)28-10-14-33(15-11-28)45-51(4,47)48)18-27(20-38)7-9-31(22-40)37(35(25-43)44-3)29-12-16-34(17-13-29)46-52(5,49)50/h6-18,32,45-46H,19-20H2,1-2,4-5H3. The van der Waals surface area contributed by atoms with Crippen LogP contribution < -0.4 is 9.44 Å². The molecule has 0 spiro atoms. The second kappa shape index (κ2) is 16.8. The molecular formula is C38H32N8O4S2. The van der Waals surface area contributed by atoms with Crippen LogP contribution in [0.15, 0.2) is 107 Å². The molecule has 2 aromatic carbocycles. The van der Waals surface area contributed by atoms with Gasteiger partial charge in [0.05, 0.1) is 60.6 Å². The number of nitrogens with one attached hydrogen (secondary N) is 2. The number of sulfonamides is 2. The Balaban J connectivity index is 2.11. The molecule has 2 aromatic rings. The summed E-state index contributed by atoms with van der Waals surface area (Å²) in [5.41, 5.74) is 2.67. The molecule has 260 valence electrons. The molecule has 0 radical (unpaired) electrons. The van der Waals surface area contributed by atoms with Crippen LogP contribution in [0.25, 0.3) is 16.0 Å². The molecule has 0 saturated heterocycles. The monoisotopic (exact) mass is 728 g/mol. The van der Waals surface area contributed by atoms with Crippen molar-refractivity contribution in [1.29, 1.82) is 26.3 Å². The van der Waals surface area contributed by atoms with Gasteiger partial charge in [0.25, 0.3) is 5.70 Å². The Labute approximate surface area is 304 Å². The van der Waals surface area contributed by atoms with Crippen molar-refractivity contribution in [3.05, 3.63) is 129 Å². The molecule has 0 unspecified atom stereocenters. The second-order valence-corrected chi connectivity index (χ2v) is 16.0. The van der Waals surface area contributed by atoms with Crippen molar-refractivity contribution >= 4 is 42.6 Å². The molecule has 0 saturated carbocycles. The molecular weight excluding hydrogens is 697 g/mol. The lowest BCUT2D eigenvalue weighted by atomic mass is 9.75. The number of hydrogen-bond donors (Lipinski definition) is 2. The van der Waals surface area contributed by atoms with Crippen LogP contribution in [0.1, 0.15) is 37.8 Å². The van der Waals surface area contributed by atoms with E-state index >= 15 is 0 Å². The molecule has 0 atom stereocenters. The Morgan fingerprint density at radius 3 is 1.81 bits per heavy atom. The summed E-state index contributed by atoms with van der Waals surface area (Å²) in [6.45, 7) is 11.6. The van der Waals surface area contributed by atoms with Gasteiger partial charge in [-0.05, 0) is 76.9 Å². The maximum Gasteiger partial charge on any atom is 0.270 e. The summed E-state index contributed by atoms with van der Waals surface area (Å²) in [7, 11) is -7.08. The van der Waals surface area contributed by atoms with E-state index in [-0.39, 0.29) is 44.8 Å². The van der Waals surface area contributed by atoms with Gasteiger partial charge < -0.3 is 0 Å². The zero-order valence-electron chi connectivity index (χ0n) is 28.6. The summed E-state index contributed by atoms with van der Waals surface area (Å²) < 4.78 is 51.2. The van der Waals surface area contributed by atoms with Gasteiger partial charge in [0.15, 0.2) is 5.92 Å². The van der Waals surface area contributed by atoms with E-state index in [9.17, 15) is 43.1 Å². The van der Waals surface area contributed by atoms with Crippen LogP contribution >= 0.6 is 0 Å². The van der Waals surface area contributed by atoms with E-state index in [1.807, 2.05) is 38.1 Å². The zero-order chi connectivity index (χ0) is 38.7. The van der Waals surface area contributed by atoms with E-state index in [1.54, 1.807) is 12.2 Å². The lowest BCUT2D eigenvalue weighted by molar-refractivity contribution is 0.355. The second-order valence-electron chi connectivity index (χ2n) is 12.5. The van der Waals surface area contributed by atoms with Crippen LogP contribution in [0.3, 0.4) is 0 Å². The van der Waals surface area contributed by atoms with Crippen LogP contribution in [0.4, 0.5) is 11.4 Å². The number of allylic oxidation sites excluding steroid dienone is 12. The fourth-order valence-electron chi connectivity index (χ4n) is 5.51. The molecule has 0 amide bonds. The van der Waals surface area contributed by atoms with E-state index in [4.69, 9.17) is 6.57 Å². The largest absolute Gasteiger partial charge is 0.284 e. The minimum Gasteiger partial charge on any atom is -0.284 e. The summed E-state index contributed by atoms with van der Waals surface area (Å²) in [6.07, 6.45) is 11.6. The van der Waals surface area contributed by atoms with E-state index in [0.717, 1.165) is 23.7 Å². The molecule has 0 aliphatic heterocycles. The van der Waals surface area contributed by atoms with Crippen LogP contribution in [0.2, 0.25) is 0 Å². The predicted molar refractivity (Wildman–Crippen MR) is 198 cm³/mol. The van der Waals surface area contributed by atoms with Gasteiger partial charge >= 0.3 is 0 Å². The Kier molecular flexibility index (Phi) is 12.9. The number of nitrogens with zero attached hydrogens (tertiary/aromatic N) is 6. The van der Waals surface area contributed by atoms with Gasteiger partial charge in [-0.25, -0.2) is 26.9 Å². The van der Waals surface area contributed by atoms with Crippen molar-refractivity contribution in [2.45, 2.75) is 26.7 Å². The summed E-state index contributed by atoms with van der Waals surface area (Å²) in [4.78, 5) is 3.32. The third-order valence-corrected chi connectivity index (χ3v) is 8.66. The van der Waals surface area contributed by atoms with Gasteiger partial charge in [-0.1, -0.05) is 56.3 Å². The van der Waals surface area contributed by atoms with Gasteiger partial charge in [0, 0.05) is 22.5 Å². The van der Waals surface area contributed by atoms with Gasteiger partial charge in [0.1, 0.15) is 0 Å². The minimum absolute atomic E-state index is 0.0360. The smallest absolute Gasteiger partial charge is 0.270 e. The number of anilines is 2. The van der Waals surface area contributed by atoms with Crippen LogP contribution in [0.5, 0.6) is 0 Å². The molecule has 0 aromatic heterocycles. The number of rotatable bonds is 11. The quantitative estimate of drug-likeness (QED) is 0.139. The van der Waals surface area contributed by atoms with Crippen molar-refractivity contribution in [1.82, 2.24) is 0 Å². The fraction of sp³-hybridized carbons (Fsp3) is 0.211. The molecule has 52 heavy (non-hydrogen) atoms. The van der Waals surface area contributed by atoms with E-state index in [1.165, 1.54) is 60.7 Å². The van der Waals surface area contributed by atoms with Crippen LogP contribution in [0, 0.1) is 74.6 Å². The van der Waals surface area contributed by atoms with Crippen molar-refractivity contribution in [2.75, 3.05) is 22.0 Å². The molecule has 12 nitrogen and oxygen atoms in total. The van der Waals surface area contributed by atoms with Crippen molar-refractivity contribution in [2.24, 2.45) is 11.3 Å². The SMILES string of the molecule is [C-]#[N+]C(C#N)=C(C(C#N)=CC=C1C=C(C=CC(C#N)=C(c2ccc(NS(C)(=O)=O)cc2)C(C#N)C#N)CC(C)(C)C1)c1ccc(NS(C)(=O)=O)cc1. The Morgan fingerprint density at radius 2 is 1.37 bits per heavy atom. The molecule has 14 heteroatoms. The minimum atomic E-state index is -3.54. The normalized spacial score (nSPS) is 16.1. The van der Waals surface area contributed by atoms with Crippen LogP contribution in [-0.2, 0) is 20.0 Å². The van der Waals surface area contributed by atoms with Crippen LogP contribution in [-0.4, -0.2) is 29.3 Å². The van der Waals surface area contributed by atoms with Gasteiger partial charge in [-0.2, -0.15) is 21.0 Å². The molecule has 2 N–H and O–H groups in total. The highest BCUT2D eigenvalue weighted by Gasteiger charge is 2.25. The highest BCUT2D eigenvalue weighted by Crippen LogP contribution is 2.39. The average Bonchev–Trinajstić information content (AvgIpc) is 3.07. The van der Waals surface area contributed by atoms with Gasteiger partial charge in [-0.15, -0.1) is 0 Å². The lowest BCUT2D eigenvalue weighted by Crippen LogP contribution is -2.16. The first-order valence-corrected chi connectivity index (χ1v) is 19.1.